The Bertz CT molecular complexity index is 538. The van der Waals surface area contributed by atoms with Crippen LogP contribution in [0.2, 0.25) is 0 Å². The van der Waals surface area contributed by atoms with Gasteiger partial charge in [0.05, 0.1) is 23.4 Å². The Labute approximate surface area is 113 Å². The van der Waals surface area contributed by atoms with E-state index in [1.54, 1.807) is 6.20 Å². The molecule has 19 heavy (non-hydrogen) atoms. The Morgan fingerprint density at radius 2 is 2.16 bits per heavy atom. The Balaban J connectivity index is 1.53. The maximum absolute atomic E-state index is 11.3. The largest absolute Gasteiger partial charge is 0.488 e. The van der Waals surface area contributed by atoms with E-state index in [4.69, 9.17) is 4.74 Å². The van der Waals surface area contributed by atoms with Crippen molar-refractivity contribution in [2.45, 2.75) is 38.0 Å². The predicted molar refractivity (Wildman–Crippen MR) is 71.8 cm³/mol. The summed E-state index contributed by atoms with van der Waals surface area (Å²) in [5.74, 6) is 1.00. The van der Waals surface area contributed by atoms with Crippen LogP contribution in [0.5, 0.6) is 5.75 Å². The number of nitrogens with zero attached hydrogens (tertiary/aromatic N) is 1. The molecular weight excluding hydrogens is 264 g/mol. The van der Waals surface area contributed by atoms with E-state index >= 15 is 0 Å². The predicted octanol–water partition coefficient (Wildman–Crippen LogP) is 0.899. The SMILES string of the molecule is O=S1(=O)CCC(Oc2ccc(CNC3CC3)nc2)C1. The highest BCUT2D eigenvalue weighted by atomic mass is 32.2. The molecular formula is C13H18N2O3S. The monoisotopic (exact) mass is 282 g/mol. The second-order valence-electron chi connectivity index (χ2n) is 5.28. The van der Waals surface area contributed by atoms with Crippen LogP contribution < -0.4 is 10.1 Å². The van der Waals surface area contributed by atoms with Crippen molar-refractivity contribution in [1.29, 1.82) is 0 Å². The number of rotatable bonds is 5. The standard InChI is InChI=1S/C13H18N2O3S/c16-19(17)6-5-13(9-19)18-12-4-3-11(15-8-12)7-14-10-1-2-10/h3-4,8,10,13-14H,1-2,5-7,9H2. The highest BCUT2D eigenvalue weighted by Gasteiger charge is 2.29. The summed E-state index contributed by atoms with van der Waals surface area (Å²) in [7, 11) is -2.89. The zero-order valence-corrected chi connectivity index (χ0v) is 11.5. The van der Waals surface area contributed by atoms with Gasteiger partial charge in [-0.05, 0) is 31.4 Å². The third kappa shape index (κ3) is 3.67. The van der Waals surface area contributed by atoms with Gasteiger partial charge < -0.3 is 10.1 Å². The fraction of sp³-hybridized carbons (Fsp3) is 0.615. The molecule has 1 aromatic heterocycles. The molecule has 1 unspecified atom stereocenters. The summed E-state index contributed by atoms with van der Waals surface area (Å²) in [6, 6.07) is 4.46. The van der Waals surface area contributed by atoms with Gasteiger partial charge in [0.2, 0.25) is 0 Å². The first-order valence-corrected chi connectivity index (χ1v) is 8.48. The van der Waals surface area contributed by atoms with Gasteiger partial charge in [-0.15, -0.1) is 0 Å². The summed E-state index contributed by atoms with van der Waals surface area (Å²) >= 11 is 0. The van der Waals surface area contributed by atoms with Crippen LogP contribution in [0.3, 0.4) is 0 Å². The number of sulfone groups is 1. The summed E-state index contributed by atoms with van der Waals surface area (Å²) in [5.41, 5.74) is 0.985. The number of nitrogens with one attached hydrogen (secondary N) is 1. The minimum atomic E-state index is -2.89. The molecule has 5 nitrogen and oxygen atoms in total. The van der Waals surface area contributed by atoms with Gasteiger partial charge >= 0.3 is 0 Å². The lowest BCUT2D eigenvalue weighted by Crippen LogP contribution is -2.18. The summed E-state index contributed by atoms with van der Waals surface area (Å²) < 4.78 is 28.3. The van der Waals surface area contributed by atoms with Gasteiger partial charge in [-0.25, -0.2) is 8.42 Å². The van der Waals surface area contributed by atoms with Gasteiger partial charge in [-0.2, -0.15) is 0 Å². The molecule has 1 aromatic rings. The van der Waals surface area contributed by atoms with Crippen LogP contribution in [-0.4, -0.2) is 37.1 Å². The second kappa shape index (κ2) is 5.09. The molecule has 6 heteroatoms. The fourth-order valence-corrected chi connectivity index (χ4v) is 3.76. The molecule has 2 aliphatic rings. The van der Waals surface area contributed by atoms with E-state index in [1.165, 1.54) is 12.8 Å². The lowest BCUT2D eigenvalue weighted by atomic mass is 10.3. The van der Waals surface area contributed by atoms with E-state index in [0.29, 0.717) is 18.2 Å². The number of ether oxygens (including phenoxy) is 1. The third-order valence-electron chi connectivity index (χ3n) is 3.44. The van der Waals surface area contributed by atoms with Crippen LogP contribution in [0.15, 0.2) is 18.3 Å². The molecule has 0 spiro atoms. The van der Waals surface area contributed by atoms with Gasteiger partial charge in [0, 0.05) is 12.6 Å². The topological polar surface area (TPSA) is 68.3 Å². The van der Waals surface area contributed by atoms with E-state index in [9.17, 15) is 8.42 Å². The highest BCUT2D eigenvalue weighted by Crippen LogP contribution is 2.21. The molecule has 2 heterocycles. The van der Waals surface area contributed by atoms with Crippen molar-refractivity contribution >= 4 is 9.84 Å². The van der Waals surface area contributed by atoms with Crippen LogP contribution in [0.25, 0.3) is 0 Å². The average Bonchev–Trinajstić information content (AvgIpc) is 3.14. The molecule has 1 aliphatic carbocycles. The molecule has 1 saturated heterocycles. The Morgan fingerprint density at radius 1 is 1.32 bits per heavy atom. The summed E-state index contributed by atoms with van der Waals surface area (Å²) in [6.45, 7) is 0.781. The van der Waals surface area contributed by atoms with Crippen molar-refractivity contribution in [3.05, 3.63) is 24.0 Å². The first kappa shape index (κ1) is 12.9. The minimum Gasteiger partial charge on any atom is -0.488 e. The molecule has 1 saturated carbocycles. The van der Waals surface area contributed by atoms with E-state index in [2.05, 4.69) is 10.3 Å². The highest BCUT2D eigenvalue weighted by molar-refractivity contribution is 7.91. The Hall–Kier alpha value is -1.14. The first-order valence-electron chi connectivity index (χ1n) is 6.66. The lowest BCUT2D eigenvalue weighted by molar-refractivity contribution is 0.228. The molecule has 0 radical (unpaired) electrons. The minimum absolute atomic E-state index is 0.123. The molecule has 1 aliphatic heterocycles. The van der Waals surface area contributed by atoms with Gasteiger partial charge in [0.1, 0.15) is 11.9 Å². The van der Waals surface area contributed by atoms with Crippen LogP contribution >= 0.6 is 0 Å². The van der Waals surface area contributed by atoms with Crippen molar-refractivity contribution in [3.63, 3.8) is 0 Å². The van der Waals surface area contributed by atoms with Crippen molar-refractivity contribution in [2.24, 2.45) is 0 Å². The Morgan fingerprint density at radius 3 is 2.74 bits per heavy atom. The normalized spacial score (nSPS) is 25.4. The third-order valence-corrected chi connectivity index (χ3v) is 5.18. The number of pyridine rings is 1. The number of hydrogen-bond acceptors (Lipinski definition) is 5. The zero-order valence-electron chi connectivity index (χ0n) is 10.7. The Kier molecular flexibility index (Phi) is 3.45. The summed E-state index contributed by atoms with van der Waals surface area (Å²) in [6.07, 6.45) is 4.55. The van der Waals surface area contributed by atoms with E-state index in [-0.39, 0.29) is 17.6 Å². The van der Waals surface area contributed by atoms with Crippen LogP contribution in [-0.2, 0) is 16.4 Å². The van der Waals surface area contributed by atoms with E-state index in [0.717, 1.165) is 12.2 Å². The molecule has 0 amide bonds. The summed E-state index contributed by atoms with van der Waals surface area (Å²) in [5, 5.41) is 3.39. The van der Waals surface area contributed by atoms with Crippen LogP contribution in [0.1, 0.15) is 25.0 Å². The zero-order chi connectivity index (χ0) is 13.3. The second-order valence-corrected chi connectivity index (χ2v) is 7.51. The molecule has 0 bridgehead atoms. The molecule has 3 rings (SSSR count). The molecule has 1 atom stereocenters. The smallest absolute Gasteiger partial charge is 0.154 e. The number of hydrogen-bond donors (Lipinski definition) is 1. The maximum Gasteiger partial charge on any atom is 0.154 e. The molecule has 104 valence electrons. The quantitative estimate of drug-likeness (QED) is 0.869. The van der Waals surface area contributed by atoms with E-state index in [1.807, 2.05) is 12.1 Å². The van der Waals surface area contributed by atoms with Gasteiger partial charge in [-0.1, -0.05) is 0 Å². The average molecular weight is 282 g/mol. The van der Waals surface area contributed by atoms with Crippen molar-refractivity contribution in [2.75, 3.05) is 11.5 Å². The van der Waals surface area contributed by atoms with Gasteiger partial charge in [0.25, 0.3) is 0 Å². The molecule has 0 aromatic carbocycles. The lowest BCUT2D eigenvalue weighted by Gasteiger charge is -2.11. The van der Waals surface area contributed by atoms with Crippen molar-refractivity contribution < 1.29 is 13.2 Å². The molecule has 2 fully saturated rings. The molecule has 1 N–H and O–H groups in total. The van der Waals surface area contributed by atoms with Crippen LogP contribution in [0, 0.1) is 0 Å². The van der Waals surface area contributed by atoms with E-state index < -0.39 is 9.84 Å². The summed E-state index contributed by atoms with van der Waals surface area (Å²) in [4.78, 5) is 4.32. The fourth-order valence-electron chi connectivity index (χ4n) is 2.17. The van der Waals surface area contributed by atoms with Gasteiger partial charge in [-0.3, -0.25) is 4.98 Å². The first-order chi connectivity index (χ1) is 9.11. The maximum atomic E-state index is 11.3. The number of aromatic nitrogens is 1. The van der Waals surface area contributed by atoms with Crippen molar-refractivity contribution in [1.82, 2.24) is 10.3 Å². The van der Waals surface area contributed by atoms with Crippen molar-refractivity contribution in [3.8, 4) is 5.75 Å². The van der Waals surface area contributed by atoms with Gasteiger partial charge in [0.15, 0.2) is 9.84 Å². The van der Waals surface area contributed by atoms with Crippen LogP contribution in [0.4, 0.5) is 0 Å².